The van der Waals surface area contributed by atoms with E-state index in [-0.39, 0.29) is 5.91 Å². The largest absolute Gasteiger partial charge is 0.351 e. The number of fused-ring (bicyclic) bond motifs is 1. The Hall–Kier alpha value is -2.63. The van der Waals surface area contributed by atoms with Gasteiger partial charge in [0, 0.05) is 10.9 Å². The van der Waals surface area contributed by atoms with Crippen LogP contribution < -0.4 is 5.32 Å². The van der Waals surface area contributed by atoms with Crippen LogP contribution in [0.1, 0.15) is 16.3 Å². The average molecular weight is 241 g/mol. The molecule has 0 fully saturated rings. The highest BCUT2D eigenvalue weighted by Gasteiger charge is 2.09. The lowest BCUT2D eigenvalue weighted by Gasteiger charge is -1.99. The molecule has 0 atom stereocenters. The first kappa shape index (κ1) is 10.5. The molecule has 0 aliphatic carbocycles. The van der Waals surface area contributed by atoms with E-state index in [1.54, 1.807) is 0 Å². The summed E-state index contributed by atoms with van der Waals surface area (Å²) in [5.41, 5.74) is 1.48. The van der Waals surface area contributed by atoms with Crippen molar-refractivity contribution >= 4 is 16.8 Å². The van der Waals surface area contributed by atoms with E-state index >= 15 is 0 Å². The van der Waals surface area contributed by atoms with E-state index in [9.17, 15) is 4.79 Å². The number of rotatable bonds is 3. The molecule has 0 radical (unpaired) electrons. The van der Waals surface area contributed by atoms with Crippen LogP contribution in [0.15, 0.2) is 36.7 Å². The van der Waals surface area contributed by atoms with Crippen LogP contribution in [0.4, 0.5) is 0 Å². The van der Waals surface area contributed by atoms with Crippen molar-refractivity contribution in [2.75, 3.05) is 0 Å². The zero-order chi connectivity index (χ0) is 12.4. The predicted octanol–water partition coefficient (Wildman–Crippen LogP) is 1.22. The third-order valence-corrected chi connectivity index (χ3v) is 2.66. The van der Waals surface area contributed by atoms with E-state index in [4.69, 9.17) is 0 Å². The summed E-state index contributed by atoms with van der Waals surface area (Å²) < 4.78 is 0. The van der Waals surface area contributed by atoms with Gasteiger partial charge in [0.1, 0.15) is 17.8 Å². The highest BCUT2D eigenvalue weighted by Crippen LogP contribution is 2.14. The third kappa shape index (κ3) is 1.95. The second-order valence-corrected chi connectivity index (χ2v) is 3.89. The van der Waals surface area contributed by atoms with Crippen LogP contribution in [0.25, 0.3) is 10.9 Å². The quantitative estimate of drug-likeness (QED) is 0.644. The number of para-hydroxylation sites is 1. The molecule has 3 rings (SSSR count). The number of hydrogen-bond donors (Lipinski definition) is 3. The minimum atomic E-state index is -0.164. The maximum atomic E-state index is 11.9. The molecule has 6 nitrogen and oxygen atoms in total. The first-order chi connectivity index (χ1) is 8.83. The molecule has 0 unspecified atom stereocenters. The summed E-state index contributed by atoms with van der Waals surface area (Å²) in [6.45, 7) is 0.328. The number of H-pyrrole nitrogens is 2. The molecule has 1 aromatic carbocycles. The summed E-state index contributed by atoms with van der Waals surface area (Å²) >= 11 is 0. The summed E-state index contributed by atoms with van der Waals surface area (Å²) in [6.07, 6.45) is 1.41. The highest BCUT2D eigenvalue weighted by molar-refractivity contribution is 5.97. The third-order valence-electron chi connectivity index (χ3n) is 2.66. The van der Waals surface area contributed by atoms with Crippen LogP contribution in [-0.2, 0) is 6.54 Å². The number of carbonyl (C=O) groups is 1. The van der Waals surface area contributed by atoms with E-state index in [1.165, 1.54) is 6.33 Å². The van der Waals surface area contributed by atoms with Gasteiger partial charge in [-0.05, 0) is 12.1 Å². The lowest BCUT2D eigenvalue weighted by molar-refractivity contribution is 0.0946. The Morgan fingerprint density at radius 3 is 3.00 bits per heavy atom. The first-order valence-electron chi connectivity index (χ1n) is 5.53. The number of nitrogens with zero attached hydrogens (tertiary/aromatic N) is 2. The van der Waals surface area contributed by atoms with Gasteiger partial charge < -0.3 is 10.3 Å². The van der Waals surface area contributed by atoms with Gasteiger partial charge in [0.05, 0.1) is 6.54 Å². The molecule has 2 aromatic heterocycles. The van der Waals surface area contributed by atoms with Crippen molar-refractivity contribution < 1.29 is 4.79 Å². The van der Waals surface area contributed by atoms with Crippen molar-refractivity contribution in [2.45, 2.75) is 6.54 Å². The molecular formula is C12H11N5O. The Bertz CT molecular complexity index is 638. The Morgan fingerprint density at radius 2 is 2.22 bits per heavy atom. The summed E-state index contributed by atoms with van der Waals surface area (Å²) in [7, 11) is 0. The van der Waals surface area contributed by atoms with Crippen molar-refractivity contribution in [1.29, 1.82) is 0 Å². The number of carbonyl (C=O) groups excluding carboxylic acids is 1. The second kappa shape index (κ2) is 4.33. The van der Waals surface area contributed by atoms with Crippen LogP contribution in [0, 0.1) is 0 Å². The fourth-order valence-electron chi connectivity index (χ4n) is 1.77. The molecule has 90 valence electrons. The molecule has 0 saturated heterocycles. The highest BCUT2D eigenvalue weighted by atomic mass is 16.1. The topological polar surface area (TPSA) is 86.5 Å². The molecule has 0 aliphatic heterocycles. The SMILES string of the molecule is O=C(NCc1ncn[nH]1)c1cc2ccccc2[nH]1. The van der Waals surface area contributed by atoms with Crippen LogP contribution >= 0.6 is 0 Å². The smallest absolute Gasteiger partial charge is 0.268 e. The summed E-state index contributed by atoms with van der Waals surface area (Å²) in [6, 6.07) is 9.58. The molecule has 2 heterocycles. The van der Waals surface area contributed by atoms with Crippen molar-refractivity contribution in [3.63, 3.8) is 0 Å². The maximum absolute atomic E-state index is 11.9. The minimum Gasteiger partial charge on any atom is -0.351 e. The van der Waals surface area contributed by atoms with E-state index in [1.807, 2.05) is 30.3 Å². The lowest BCUT2D eigenvalue weighted by Crippen LogP contribution is -2.23. The van der Waals surface area contributed by atoms with Crippen LogP contribution in [0.2, 0.25) is 0 Å². The molecule has 3 N–H and O–H groups in total. The molecule has 0 saturated carbocycles. The van der Waals surface area contributed by atoms with Crippen molar-refractivity contribution in [3.05, 3.63) is 48.2 Å². The van der Waals surface area contributed by atoms with Gasteiger partial charge in [-0.3, -0.25) is 9.89 Å². The predicted molar refractivity (Wildman–Crippen MR) is 65.9 cm³/mol. The van der Waals surface area contributed by atoms with E-state index < -0.39 is 0 Å². The zero-order valence-corrected chi connectivity index (χ0v) is 9.47. The zero-order valence-electron chi connectivity index (χ0n) is 9.47. The lowest BCUT2D eigenvalue weighted by atomic mass is 10.2. The average Bonchev–Trinajstić information content (AvgIpc) is 3.04. The van der Waals surface area contributed by atoms with E-state index in [0.29, 0.717) is 18.1 Å². The van der Waals surface area contributed by atoms with Crippen molar-refractivity contribution in [1.82, 2.24) is 25.5 Å². The normalized spacial score (nSPS) is 10.7. The van der Waals surface area contributed by atoms with Crippen LogP contribution in [-0.4, -0.2) is 26.1 Å². The Labute approximate surface area is 102 Å². The number of amides is 1. The monoisotopic (exact) mass is 241 g/mol. The van der Waals surface area contributed by atoms with Gasteiger partial charge >= 0.3 is 0 Å². The molecule has 18 heavy (non-hydrogen) atoms. The van der Waals surface area contributed by atoms with Gasteiger partial charge in [-0.15, -0.1) is 0 Å². The minimum absolute atomic E-state index is 0.164. The molecule has 3 aromatic rings. The van der Waals surface area contributed by atoms with Gasteiger partial charge in [0.2, 0.25) is 0 Å². The number of benzene rings is 1. The molecular weight excluding hydrogens is 230 g/mol. The molecule has 0 bridgehead atoms. The van der Waals surface area contributed by atoms with Gasteiger partial charge in [-0.25, -0.2) is 4.98 Å². The Balaban J connectivity index is 1.75. The summed E-state index contributed by atoms with van der Waals surface area (Å²) in [5, 5.41) is 10.2. The molecule has 0 aliphatic rings. The van der Waals surface area contributed by atoms with E-state index in [0.717, 1.165) is 10.9 Å². The Kier molecular flexibility index (Phi) is 2.53. The van der Waals surface area contributed by atoms with Gasteiger partial charge in [-0.2, -0.15) is 5.10 Å². The fourth-order valence-corrected chi connectivity index (χ4v) is 1.77. The van der Waals surface area contributed by atoms with Crippen LogP contribution in [0.5, 0.6) is 0 Å². The fraction of sp³-hybridized carbons (Fsp3) is 0.0833. The standard InChI is InChI=1S/C12H11N5O/c18-12(13-6-11-14-7-15-17-11)10-5-8-3-1-2-4-9(8)16-10/h1-5,7,16H,6H2,(H,13,18)(H,14,15,17). The molecule has 6 heteroatoms. The number of nitrogens with one attached hydrogen (secondary N) is 3. The van der Waals surface area contributed by atoms with Gasteiger partial charge in [0.25, 0.3) is 5.91 Å². The van der Waals surface area contributed by atoms with Crippen molar-refractivity contribution in [2.24, 2.45) is 0 Å². The maximum Gasteiger partial charge on any atom is 0.268 e. The van der Waals surface area contributed by atoms with Crippen molar-refractivity contribution in [3.8, 4) is 0 Å². The first-order valence-corrected chi connectivity index (χ1v) is 5.53. The number of aromatic amines is 2. The number of hydrogen-bond acceptors (Lipinski definition) is 3. The second-order valence-electron chi connectivity index (χ2n) is 3.89. The van der Waals surface area contributed by atoms with Crippen LogP contribution in [0.3, 0.4) is 0 Å². The molecule has 0 spiro atoms. The number of aromatic nitrogens is 4. The molecule has 1 amide bonds. The van der Waals surface area contributed by atoms with Gasteiger partial charge in [0.15, 0.2) is 0 Å². The van der Waals surface area contributed by atoms with Gasteiger partial charge in [-0.1, -0.05) is 18.2 Å². The van der Waals surface area contributed by atoms with E-state index in [2.05, 4.69) is 25.5 Å². The summed E-state index contributed by atoms with van der Waals surface area (Å²) in [5.74, 6) is 0.460. The Morgan fingerprint density at radius 1 is 1.33 bits per heavy atom. The summed E-state index contributed by atoms with van der Waals surface area (Å²) in [4.78, 5) is 18.9.